The molecule has 2 saturated carbocycles. The second-order valence-corrected chi connectivity index (χ2v) is 20.1. The average molecular weight is 943 g/mol. The van der Waals surface area contributed by atoms with Crippen LogP contribution in [0.2, 0.25) is 0 Å². The topological polar surface area (TPSA) is 143 Å². The fraction of sp³-hybridized carbons (Fsp3) is 0.580. The SMILES string of the molecule is CCn1c(-c2cc(C#C[C@@H](C)N3CCN(C4CC4)CC3)cnc2[C@H](C)OC)c(CC(C)(C)COC(C)=O)c2cc(-c3csc([C@@H](OCC(F)F)[C@H](NC=O)C(=O)N4NCC5CC4C5)n3)ccc21. The molecule has 6 heterocycles. The molecule has 0 unspecified atom stereocenters. The van der Waals surface area contributed by atoms with Gasteiger partial charge in [-0.3, -0.25) is 34.2 Å². The van der Waals surface area contributed by atoms with Crippen molar-refractivity contribution >= 4 is 40.5 Å². The third-order valence-electron chi connectivity index (χ3n) is 13.7. The molecule has 2 aliphatic carbocycles. The highest BCUT2D eigenvalue weighted by Crippen LogP contribution is 2.43. The van der Waals surface area contributed by atoms with Gasteiger partial charge in [-0.05, 0) is 82.6 Å². The lowest BCUT2D eigenvalue weighted by atomic mass is 9.78. The number of aryl methyl sites for hydroxylation is 1. The maximum absolute atomic E-state index is 14.0. The predicted octanol–water partition coefficient (Wildman–Crippen LogP) is 6.77. The zero-order valence-corrected chi connectivity index (χ0v) is 40.5. The first-order chi connectivity index (χ1) is 32.2. The minimum atomic E-state index is -2.81. The van der Waals surface area contributed by atoms with Gasteiger partial charge in [0, 0.05) is 110 Å². The highest BCUT2D eigenvalue weighted by Gasteiger charge is 2.45. The Morgan fingerprint density at radius 2 is 1.87 bits per heavy atom. The quantitative estimate of drug-likeness (QED) is 0.0585. The van der Waals surface area contributed by atoms with Gasteiger partial charge in [-0.1, -0.05) is 31.8 Å². The molecule has 3 aliphatic heterocycles. The van der Waals surface area contributed by atoms with Gasteiger partial charge in [0.1, 0.15) is 23.8 Å². The van der Waals surface area contributed by atoms with Crippen LogP contribution in [-0.4, -0.2) is 131 Å². The van der Waals surface area contributed by atoms with Crippen LogP contribution in [0.25, 0.3) is 33.4 Å². The molecule has 9 rings (SSSR count). The third-order valence-corrected chi connectivity index (χ3v) is 14.7. The molecule has 4 atom stereocenters. The molecule has 2 amide bonds. The summed E-state index contributed by atoms with van der Waals surface area (Å²) in [6, 6.07) is 7.72. The number of rotatable bonds is 19. The maximum atomic E-state index is 14.0. The Morgan fingerprint density at radius 1 is 1.10 bits per heavy atom. The van der Waals surface area contributed by atoms with Crippen molar-refractivity contribution < 1.29 is 37.4 Å². The number of esters is 1. The fourth-order valence-corrected chi connectivity index (χ4v) is 10.8. The number of nitrogens with one attached hydrogen (secondary N) is 2. The van der Waals surface area contributed by atoms with Crippen molar-refractivity contribution in [1.29, 1.82) is 0 Å². The number of hydrogen-bond acceptors (Lipinski definition) is 12. The van der Waals surface area contributed by atoms with Crippen LogP contribution >= 0.6 is 11.3 Å². The molecule has 3 saturated heterocycles. The van der Waals surface area contributed by atoms with Crippen LogP contribution < -0.4 is 10.7 Å². The van der Waals surface area contributed by atoms with Crippen molar-refractivity contribution in [1.82, 2.24) is 40.1 Å². The number of carbonyl (C=O) groups is 3. The molecule has 67 heavy (non-hydrogen) atoms. The van der Waals surface area contributed by atoms with E-state index in [1.165, 1.54) is 36.1 Å². The summed E-state index contributed by atoms with van der Waals surface area (Å²) in [6.45, 7) is 16.4. The van der Waals surface area contributed by atoms with E-state index >= 15 is 0 Å². The van der Waals surface area contributed by atoms with Gasteiger partial charge in [0.2, 0.25) is 6.41 Å². The summed E-state index contributed by atoms with van der Waals surface area (Å²) in [5.41, 5.74) is 9.31. The van der Waals surface area contributed by atoms with Gasteiger partial charge < -0.3 is 24.1 Å². The van der Waals surface area contributed by atoms with E-state index in [1.54, 1.807) is 7.11 Å². The zero-order valence-electron chi connectivity index (χ0n) is 39.6. The van der Waals surface area contributed by atoms with E-state index in [-0.39, 0.29) is 35.8 Å². The molecule has 2 N–H and O–H groups in total. The number of nitrogens with zero attached hydrogens (tertiary/aromatic N) is 6. The van der Waals surface area contributed by atoms with Crippen molar-refractivity contribution in [3.05, 3.63) is 57.7 Å². The standard InChI is InChI=1S/C50H64F2N8O6S/c1-8-59-42-14-11-35(41-27-67-48(56-41)47(65-26-43(51)52)45(54-29-61)49(63)60-37-19-34(20-37)25-55-60)22-38(42)40(23-50(5,6)28-66-32(4)62)46(59)39-21-33(24-53-44(39)31(3)64-7)10-9-30(2)57-15-17-58(18-16-57)36-12-13-36/h11,14,21-22,24,27,29-31,34,36-37,43,45,47,55H,8,12-13,15-20,23,25-26,28H2,1-7H3,(H,54,61)/t30-,31+,34?,37?,45+,47+/m1/s1. The van der Waals surface area contributed by atoms with E-state index in [1.807, 2.05) is 24.6 Å². The summed E-state index contributed by atoms with van der Waals surface area (Å²) >= 11 is 1.18. The monoisotopic (exact) mass is 942 g/mol. The first-order valence-electron chi connectivity index (χ1n) is 23.6. The van der Waals surface area contributed by atoms with Crippen LogP contribution in [0.1, 0.15) is 101 Å². The highest BCUT2D eigenvalue weighted by atomic mass is 32.1. The fourth-order valence-electron chi connectivity index (χ4n) is 9.84. The molecule has 1 aromatic carbocycles. The number of benzene rings is 1. The van der Waals surface area contributed by atoms with Gasteiger partial charge >= 0.3 is 5.97 Å². The van der Waals surface area contributed by atoms with Crippen LogP contribution in [0.15, 0.2) is 35.8 Å². The first-order valence-corrected chi connectivity index (χ1v) is 24.5. The van der Waals surface area contributed by atoms with Gasteiger partial charge in [-0.2, -0.15) is 0 Å². The number of hydrazine groups is 1. The average Bonchev–Trinajstić information content (AvgIpc) is 3.98. The summed E-state index contributed by atoms with van der Waals surface area (Å²) in [7, 11) is 1.67. The lowest BCUT2D eigenvalue weighted by Crippen LogP contribution is -2.66. The summed E-state index contributed by atoms with van der Waals surface area (Å²) in [6.07, 6.45) is 2.60. The van der Waals surface area contributed by atoms with E-state index in [2.05, 4.69) is 82.8 Å². The van der Waals surface area contributed by atoms with Gasteiger partial charge in [-0.25, -0.2) is 19.2 Å². The Hall–Kier alpha value is -4.83. The van der Waals surface area contributed by atoms with Crippen molar-refractivity contribution in [2.45, 2.75) is 123 Å². The summed E-state index contributed by atoms with van der Waals surface area (Å²) in [4.78, 5) is 53.1. The van der Waals surface area contributed by atoms with Gasteiger partial charge in [0.15, 0.2) is 0 Å². The molecule has 3 aromatic heterocycles. The number of alkyl halides is 2. The highest BCUT2D eigenvalue weighted by molar-refractivity contribution is 7.10. The number of carbonyl (C=O) groups excluding carboxylic acids is 3. The molecule has 0 spiro atoms. The Morgan fingerprint density at radius 3 is 2.51 bits per heavy atom. The smallest absolute Gasteiger partial charge is 0.302 e. The molecule has 4 aromatic rings. The number of thiazole rings is 1. The number of ether oxygens (including phenoxy) is 3. The Labute approximate surface area is 396 Å². The number of amides is 2. The first kappa shape index (κ1) is 48.6. The number of hydrogen-bond donors (Lipinski definition) is 2. The van der Waals surface area contributed by atoms with Crippen LogP contribution in [0.4, 0.5) is 8.78 Å². The van der Waals surface area contributed by atoms with Gasteiger partial charge in [0.25, 0.3) is 12.3 Å². The zero-order chi connectivity index (χ0) is 47.6. The van der Waals surface area contributed by atoms with E-state index < -0.39 is 36.5 Å². The lowest BCUT2D eigenvalue weighted by Gasteiger charge is -2.50. The number of pyridine rings is 1. The van der Waals surface area contributed by atoms with Crippen LogP contribution in [-0.2, 0) is 41.6 Å². The normalized spacial score (nSPS) is 20.7. The van der Waals surface area contributed by atoms with Crippen molar-refractivity contribution in [3.63, 3.8) is 0 Å². The van der Waals surface area contributed by atoms with Crippen LogP contribution in [0.3, 0.4) is 0 Å². The Balaban J connectivity index is 1.19. The Bertz CT molecular complexity index is 2480. The van der Waals surface area contributed by atoms with Crippen molar-refractivity contribution in [3.8, 4) is 34.4 Å². The Kier molecular flexibility index (Phi) is 15.1. The number of fused-ring (bicyclic) bond motifs is 3. The second-order valence-electron chi connectivity index (χ2n) is 19.2. The van der Waals surface area contributed by atoms with E-state index in [0.29, 0.717) is 37.5 Å². The number of aromatic nitrogens is 3. The maximum Gasteiger partial charge on any atom is 0.302 e. The summed E-state index contributed by atoms with van der Waals surface area (Å²) < 4.78 is 47.0. The minimum absolute atomic E-state index is 0.0448. The largest absolute Gasteiger partial charge is 0.465 e. The number of piperazine rings is 1. The van der Waals surface area contributed by atoms with E-state index in [9.17, 15) is 23.2 Å². The van der Waals surface area contributed by atoms with Gasteiger partial charge in [-0.15, -0.1) is 11.3 Å². The predicted molar refractivity (Wildman–Crippen MR) is 253 cm³/mol. The molecule has 2 bridgehead atoms. The summed E-state index contributed by atoms with van der Waals surface area (Å²) in [5.74, 6) is 6.66. The molecule has 360 valence electrons. The molecular formula is C50H64F2N8O6S. The second kappa shape index (κ2) is 20.8. The third kappa shape index (κ3) is 10.9. The molecule has 5 fully saturated rings. The van der Waals surface area contributed by atoms with Crippen LogP contribution in [0.5, 0.6) is 0 Å². The molecular weight excluding hydrogens is 879 g/mol. The van der Waals surface area contributed by atoms with E-state index in [4.69, 9.17) is 24.2 Å². The molecule has 14 nitrogen and oxygen atoms in total. The molecule has 5 aliphatic rings. The van der Waals surface area contributed by atoms with Gasteiger partial charge in [0.05, 0.1) is 35.8 Å². The van der Waals surface area contributed by atoms with Crippen molar-refractivity contribution in [2.75, 3.05) is 53.0 Å². The number of methoxy groups -OCH3 is 1. The number of halogens is 2. The molecule has 17 heteroatoms. The summed E-state index contributed by atoms with van der Waals surface area (Å²) in [5, 5.41) is 7.12. The van der Waals surface area contributed by atoms with Crippen LogP contribution in [0, 0.1) is 23.2 Å². The van der Waals surface area contributed by atoms with Crippen molar-refractivity contribution in [2.24, 2.45) is 11.3 Å². The van der Waals surface area contributed by atoms with E-state index in [0.717, 1.165) is 89.6 Å². The minimum Gasteiger partial charge on any atom is -0.465 e. The molecule has 0 radical (unpaired) electrons. The lowest BCUT2D eigenvalue weighted by molar-refractivity contribution is -0.156.